The van der Waals surface area contributed by atoms with Crippen molar-refractivity contribution in [3.63, 3.8) is 0 Å². The number of halogens is 2. The molecule has 0 bridgehead atoms. The molecule has 1 amide bonds. The Morgan fingerprint density at radius 3 is 2.50 bits per heavy atom. The number of aliphatic carboxylic acids is 1. The summed E-state index contributed by atoms with van der Waals surface area (Å²) < 4.78 is 13.1. The molecule has 1 aliphatic rings. The Labute approximate surface area is 181 Å². The lowest BCUT2D eigenvalue weighted by molar-refractivity contribution is -0.137. The van der Waals surface area contributed by atoms with E-state index in [1.54, 1.807) is 24.3 Å². The number of carboxylic acids is 1. The summed E-state index contributed by atoms with van der Waals surface area (Å²) in [6, 6.07) is 11.4. The molecule has 0 radical (unpaired) electrons. The predicted molar refractivity (Wildman–Crippen MR) is 114 cm³/mol. The number of carbonyl (C=O) groups is 2. The van der Waals surface area contributed by atoms with Gasteiger partial charge in [-0.25, -0.2) is 4.39 Å². The quantitative estimate of drug-likeness (QED) is 0.723. The molecule has 160 valence electrons. The highest BCUT2D eigenvalue weighted by molar-refractivity contribution is 6.30. The fraction of sp³-hybridized carbons (Fsp3) is 0.391. The summed E-state index contributed by atoms with van der Waals surface area (Å²) in [4.78, 5) is 28.2. The van der Waals surface area contributed by atoms with Crippen molar-refractivity contribution in [3.05, 3.63) is 70.0 Å². The van der Waals surface area contributed by atoms with Crippen molar-refractivity contribution in [3.8, 4) is 0 Å². The smallest absolute Gasteiger partial charge is 0.307 e. The van der Waals surface area contributed by atoms with Crippen LogP contribution >= 0.6 is 11.6 Å². The molecule has 1 saturated heterocycles. The van der Waals surface area contributed by atoms with Gasteiger partial charge in [0.15, 0.2) is 0 Å². The molecule has 0 spiro atoms. The number of rotatable bonds is 7. The fourth-order valence-electron chi connectivity index (χ4n) is 3.94. The third-order valence-corrected chi connectivity index (χ3v) is 5.77. The van der Waals surface area contributed by atoms with Crippen molar-refractivity contribution in [2.75, 3.05) is 19.6 Å². The van der Waals surface area contributed by atoms with Gasteiger partial charge in [-0.3, -0.25) is 14.5 Å². The number of hydrogen-bond acceptors (Lipinski definition) is 3. The molecule has 0 unspecified atom stereocenters. The molecular formula is C23H26ClFN2O3. The Balaban J connectivity index is 1.65. The number of benzene rings is 2. The molecule has 2 aromatic rings. The minimum absolute atomic E-state index is 0.0418. The van der Waals surface area contributed by atoms with Gasteiger partial charge in [0.1, 0.15) is 5.82 Å². The average Bonchev–Trinajstić information content (AvgIpc) is 2.71. The van der Waals surface area contributed by atoms with Gasteiger partial charge in [-0.2, -0.15) is 0 Å². The van der Waals surface area contributed by atoms with Crippen LogP contribution in [0.3, 0.4) is 0 Å². The van der Waals surface area contributed by atoms with Gasteiger partial charge >= 0.3 is 5.97 Å². The first-order chi connectivity index (χ1) is 14.4. The van der Waals surface area contributed by atoms with Crippen molar-refractivity contribution in [2.45, 2.75) is 38.8 Å². The lowest BCUT2D eigenvalue weighted by Gasteiger charge is -2.41. The van der Waals surface area contributed by atoms with Gasteiger partial charge in [-0.1, -0.05) is 36.7 Å². The normalized spacial score (nSPS) is 17.2. The molecular weight excluding hydrogens is 407 g/mol. The Hall–Kier alpha value is -2.44. The number of hydrogen-bond donors (Lipinski definition) is 1. The summed E-state index contributed by atoms with van der Waals surface area (Å²) in [5.41, 5.74) is 2.47. The number of carbonyl (C=O) groups excluding carboxylic acids is 1. The van der Waals surface area contributed by atoms with Crippen LogP contribution in [0, 0.1) is 5.82 Å². The summed E-state index contributed by atoms with van der Waals surface area (Å²) in [7, 11) is 0. The van der Waals surface area contributed by atoms with Gasteiger partial charge in [0.2, 0.25) is 5.91 Å². The first kappa shape index (κ1) is 22.2. The van der Waals surface area contributed by atoms with Crippen molar-refractivity contribution in [1.29, 1.82) is 0 Å². The van der Waals surface area contributed by atoms with E-state index in [1.807, 2.05) is 11.0 Å². The summed E-state index contributed by atoms with van der Waals surface area (Å²) in [6.45, 7) is 4.67. The topological polar surface area (TPSA) is 60.9 Å². The zero-order chi connectivity index (χ0) is 21.7. The molecule has 0 saturated carbocycles. The van der Waals surface area contributed by atoms with Crippen molar-refractivity contribution >= 4 is 23.5 Å². The lowest BCUT2D eigenvalue weighted by atomic mass is 10.0. The molecule has 1 heterocycles. The third kappa shape index (κ3) is 5.80. The van der Waals surface area contributed by atoms with Crippen LogP contribution < -0.4 is 0 Å². The Morgan fingerprint density at radius 2 is 1.83 bits per heavy atom. The van der Waals surface area contributed by atoms with E-state index in [0.29, 0.717) is 31.2 Å². The Morgan fingerprint density at radius 1 is 1.10 bits per heavy atom. The Kier molecular flexibility index (Phi) is 7.45. The maximum absolute atomic E-state index is 13.1. The van der Waals surface area contributed by atoms with Crippen LogP contribution in [0.4, 0.5) is 4.39 Å². The molecule has 2 aromatic carbocycles. The highest BCUT2D eigenvalue weighted by atomic mass is 35.5. The van der Waals surface area contributed by atoms with Crippen LogP contribution in [0.1, 0.15) is 30.0 Å². The van der Waals surface area contributed by atoms with E-state index in [-0.39, 0.29) is 30.6 Å². The SMILES string of the molecule is CC[C@H]1CN(Cc2cc(Cl)ccc2CC(=O)O)CCN1C(=O)Cc1ccc(F)cc1. The van der Waals surface area contributed by atoms with Crippen LogP contribution in [-0.2, 0) is 29.0 Å². The van der Waals surface area contributed by atoms with Gasteiger partial charge in [0.05, 0.1) is 12.8 Å². The maximum Gasteiger partial charge on any atom is 0.307 e. The van der Waals surface area contributed by atoms with Crippen molar-refractivity contribution in [2.24, 2.45) is 0 Å². The highest BCUT2D eigenvalue weighted by Gasteiger charge is 2.29. The van der Waals surface area contributed by atoms with E-state index < -0.39 is 5.97 Å². The van der Waals surface area contributed by atoms with E-state index in [0.717, 1.165) is 23.1 Å². The first-order valence-electron chi connectivity index (χ1n) is 10.1. The first-order valence-corrected chi connectivity index (χ1v) is 10.5. The zero-order valence-electron chi connectivity index (χ0n) is 17.0. The Bertz CT molecular complexity index is 904. The van der Waals surface area contributed by atoms with Gasteiger partial charge in [0, 0.05) is 37.2 Å². The average molecular weight is 433 g/mol. The molecule has 0 aromatic heterocycles. The fourth-order valence-corrected chi connectivity index (χ4v) is 4.13. The van der Waals surface area contributed by atoms with E-state index in [9.17, 15) is 14.0 Å². The van der Waals surface area contributed by atoms with Crippen molar-refractivity contribution < 1.29 is 19.1 Å². The zero-order valence-corrected chi connectivity index (χ0v) is 17.7. The van der Waals surface area contributed by atoms with Gasteiger partial charge in [-0.15, -0.1) is 0 Å². The van der Waals surface area contributed by atoms with Crippen LogP contribution in [0.5, 0.6) is 0 Å². The van der Waals surface area contributed by atoms with Crippen LogP contribution in [0.15, 0.2) is 42.5 Å². The van der Waals surface area contributed by atoms with Crippen LogP contribution in [0.2, 0.25) is 5.02 Å². The molecule has 5 nitrogen and oxygen atoms in total. The second-order valence-corrected chi connectivity index (χ2v) is 8.11. The van der Waals surface area contributed by atoms with Gasteiger partial charge in [0.25, 0.3) is 0 Å². The maximum atomic E-state index is 13.1. The molecule has 1 atom stereocenters. The summed E-state index contributed by atoms with van der Waals surface area (Å²) in [5, 5.41) is 9.75. The monoisotopic (exact) mass is 432 g/mol. The van der Waals surface area contributed by atoms with Crippen molar-refractivity contribution in [1.82, 2.24) is 9.80 Å². The number of nitrogens with zero attached hydrogens (tertiary/aromatic N) is 2. The minimum Gasteiger partial charge on any atom is -0.481 e. The summed E-state index contributed by atoms with van der Waals surface area (Å²) in [5.74, 6) is -1.14. The second kappa shape index (κ2) is 10.0. The molecule has 1 fully saturated rings. The van der Waals surface area contributed by atoms with E-state index >= 15 is 0 Å². The number of piperazine rings is 1. The van der Waals surface area contributed by atoms with Crippen LogP contribution in [0.25, 0.3) is 0 Å². The standard InChI is InChI=1S/C23H26ClFN2O3/c1-2-21-15-26(14-18-12-19(24)6-5-17(18)13-23(29)30)9-10-27(21)22(28)11-16-3-7-20(25)8-4-16/h3-8,12,21H,2,9-11,13-15H2,1H3,(H,29,30)/t21-/m0/s1. The molecule has 1 N–H and O–H groups in total. The number of amides is 1. The predicted octanol–water partition coefficient (Wildman–Crippen LogP) is 3.77. The van der Waals surface area contributed by atoms with E-state index in [1.165, 1.54) is 12.1 Å². The largest absolute Gasteiger partial charge is 0.481 e. The molecule has 1 aliphatic heterocycles. The van der Waals surface area contributed by atoms with E-state index in [4.69, 9.17) is 16.7 Å². The van der Waals surface area contributed by atoms with Crippen LogP contribution in [-0.4, -0.2) is 52.5 Å². The molecule has 30 heavy (non-hydrogen) atoms. The minimum atomic E-state index is -0.874. The second-order valence-electron chi connectivity index (χ2n) is 7.67. The molecule has 0 aliphatic carbocycles. The van der Waals surface area contributed by atoms with E-state index in [2.05, 4.69) is 11.8 Å². The lowest BCUT2D eigenvalue weighted by Crippen LogP contribution is -2.55. The van der Waals surface area contributed by atoms with Gasteiger partial charge in [-0.05, 0) is 47.4 Å². The van der Waals surface area contributed by atoms with Gasteiger partial charge < -0.3 is 10.0 Å². The summed E-state index contributed by atoms with van der Waals surface area (Å²) >= 11 is 6.14. The number of carboxylic acid groups (broad SMARTS) is 1. The molecule has 3 rings (SSSR count). The third-order valence-electron chi connectivity index (χ3n) is 5.53. The summed E-state index contributed by atoms with van der Waals surface area (Å²) in [6.07, 6.45) is 1.04. The highest BCUT2D eigenvalue weighted by Crippen LogP contribution is 2.22. The molecule has 7 heteroatoms.